The minimum atomic E-state index is -0.399. The Bertz CT molecular complexity index is 857. The topological polar surface area (TPSA) is 63.4 Å². The second-order valence-corrected chi connectivity index (χ2v) is 5.80. The van der Waals surface area contributed by atoms with Crippen molar-refractivity contribution in [2.45, 2.75) is 12.3 Å². The summed E-state index contributed by atoms with van der Waals surface area (Å²) < 4.78 is 0. The van der Waals surface area contributed by atoms with E-state index in [0.29, 0.717) is 13.0 Å². The summed E-state index contributed by atoms with van der Waals surface area (Å²) in [6.07, 6.45) is 4.35. The van der Waals surface area contributed by atoms with E-state index in [0.717, 1.165) is 22.4 Å². The van der Waals surface area contributed by atoms with Gasteiger partial charge >= 0.3 is 0 Å². The number of para-hydroxylation sites is 1. The van der Waals surface area contributed by atoms with E-state index < -0.39 is 4.92 Å². The van der Waals surface area contributed by atoms with Crippen LogP contribution in [0.1, 0.15) is 29.0 Å². The number of carbonyl (C=O) groups is 1. The van der Waals surface area contributed by atoms with Crippen molar-refractivity contribution >= 4 is 23.4 Å². The van der Waals surface area contributed by atoms with Crippen molar-refractivity contribution in [2.75, 3.05) is 11.4 Å². The third-order valence-electron chi connectivity index (χ3n) is 4.49. The highest BCUT2D eigenvalue weighted by Gasteiger charge is 2.34. The van der Waals surface area contributed by atoms with Gasteiger partial charge in [-0.2, -0.15) is 0 Å². The van der Waals surface area contributed by atoms with Gasteiger partial charge in [0.1, 0.15) is 0 Å². The molecule has 0 radical (unpaired) electrons. The molecule has 0 saturated carbocycles. The number of rotatable bonds is 2. The first kappa shape index (κ1) is 13.7. The van der Waals surface area contributed by atoms with Crippen molar-refractivity contribution in [2.24, 2.45) is 0 Å². The molecule has 0 fully saturated rings. The molecule has 0 N–H and O–H groups in total. The molecule has 1 unspecified atom stereocenters. The van der Waals surface area contributed by atoms with Crippen LogP contribution in [0.15, 0.2) is 48.5 Å². The maximum atomic E-state index is 12.5. The number of anilines is 1. The SMILES string of the molecule is O=C1CC(c2cccc([N+](=O)[O-])c2)c2cccc3c2N1CC=C3. The number of nitro benzene ring substituents is 1. The highest BCUT2D eigenvalue weighted by molar-refractivity contribution is 6.01. The van der Waals surface area contributed by atoms with Gasteiger partial charge in [-0.15, -0.1) is 0 Å². The molecular weight excluding hydrogens is 292 g/mol. The molecule has 2 heterocycles. The zero-order valence-electron chi connectivity index (χ0n) is 12.3. The van der Waals surface area contributed by atoms with Crippen molar-refractivity contribution < 1.29 is 9.72 Å². The molecule has 5 heteroatoms. The Morgan fingerprint density at radius 1 is 1.17 bits per heavy atom. The molecule has 2 aliphatic rings. The molecule has 23 heavy (non-hydrogen) atoms. The van der Waals surface area contributed by atoms with Gasteiger partial charge in [-0.25, -0.2) is 0 Å². The van der Waals surface area contributed by atoms with E-state index in [-0.39, 0.29) is 17.5 Å². The van der Waals surface area contributed by atoms with Crippen LogP contribution < -0.4 is 4.90 Å². The summed E-state index contributed by atoms with van der Waals surface area (Å²) in [4.78, 5) is 25.0. The Labute approximate surface area is 133 Å². The van der Waals surface area contributed by atoms with Crippen molar-refractivity contribution in [3.05, 3.63) is 75.3 Å². The second kappa shape index (κ2) is 5.05. The molecule has 1 amide bonds. The predicted molar refractivity (Wildman–Crippen MR) is 87.4 cm³/mol. The van der Waals surface area contributed by atoms with Crippen LogP contribution in [0.2, 0.25) is 0 Å². The summed E-state index contributed by atoms with van der Waals surface area (Å²) in [7, 11) is 0. The maximum Gasteiger partial charge on any atom is 0.269 e. The fourth-order valence-electron chi connectivity index (χ4n) is 3.46. The number of carbonyl (C=O) groups excluding carboxylic acids is 1. The minimum Gasteiger partial charge on any atom is -0.308 e. The van der Waals surface area contributed by atoms with E-state index in [4.69, 9.17) is 0 Å². The summed E-state index contributed by atoms with van der Waals surface area (Å²) in [5.74, 6) is -0.0779. The Morgan fingerprint density at radius 3 is 2.83 bits per heavy atom. The first-order valence-corrected chi connectivity index (χ1v) is 7.49. The first-order valence-electron chi connectivity index (χ1n) is 7.49. The third kappa shape index (κ3) is 2.12. The number of nitrogens with zero attached hydrogens (tertiary/aromatic N) is 2. The van der Waals surface area contributed by atoms with Crippen LogP contribution in [0.3, 0.4) is 0 Å². The van der Waals surface area contributed by atoms with Gasteiger partial charge in [0.15, 0.2) is 0 Å². The molecule has 5 nitrogen and oxygen atoms in total. The van der Waals surface area contributed by atoms with Crippen LogP contribution >= 0.6 is 0 Å². The van der Waals surface area contributed by atoms with E-state index in [1.165, 1.54) is 6.07 Å². The predicted octanol–water partition coefficient (Wildman–Crippen LogP) is 3.49. The third-order valence-corrected chi connectivity index (χ3v) is 4.49. The average Bonchev–Trinajstić information content (AvgIpc) is 2.58. The number of benzene rings is 2. The normalized spacial score (nSPS) is 18.7. The van der Waals surface area contributed by atoms with Gasteiger partial charge < -0.3 is 4.90 Å². The van der Waals surface area contributed by atoms with Crippen LogP contribution in [0, 0.1) is 10.1 Å². The van der Waals surface area contributed by atoms with E-state index in [1.54, 1.807) is 17.0 Å². The number of non-ortho nitro benzene ring substituents is 1. The Balaban J connectivity index is 1.88. The summed E-state index contributed by atoms with van der Waals surface area (Å²) in [5.41, 5.74) is 3.91. The molecular formula is C18H14N2O3. The fourth-order valence-corrected chi connectivity index (χ4v) is 3.46. The zero-order chi connectivity index (χ0) is 16.0. The molecule has 2 aromatic carbocycles. The van der Waals surface area contributed by atoms with E-state index in [2.05, 4.69) is 0 Å². The molecule has 2 aromatic rings. The lowest BCUT2D eigenvalue weighted by Gasteiger charge is -2.36. The smallest absolute Gasteiger partial charge is 0.269 e. The molecule has 0 spiro atoms. The van der Waals surface area contributed by atoms with E-state index >= 15 is 0 Å². The van der Waals surface area contributed by atoms with Gasteiger partial charge in [0.2, 0.25) is 5.91 Å². The van der Waals surface area contributed by atoms with Crippen molar-refractivity contribution in [1.82, 2.24) is 0 Å². The summed E-state index contributed by atoms with van der Waals surface area (Å²) in [6.45, 7) is 0.588. The molecule has 0 aliphatic carbocycles. The van der Waals surface area contributed by atoms with E-state index in [1.807, 2.05) is 36.4 Å². The van der Waals surface area contributed by atoms with Crippen LogP contribution in [0.4, 0.5) is 11.4 Å². The lowest BCUT2D eigenvalue weighted by molar-refractivity contribution is -0.384. The van der Waals surface area contributed by atoms with Gasteiger partial charge in [-0.1, -0.05) is 42.5 Å². The Kier molecular flexibility index (Phi) is 3.01. The second-order valence-electron chi connectivity index (χ2n) is 5.80. The molecule has 0 saturated heterocycles. The van der Waals surface area contributed by atoms with E-state index in [9.17, 15) is 14.9 Å². The Morgan fingerprint density at radius 2 is 2.00 bits per heavy atom. The lowest BCUT2D eigenvalue weighted by Crippen LogP contribution is -2.38. The lowest BCUT2D eigenvalue weighted by atomic mass is 9.82. The summed E-state index contributed by atoms with van der Waals surface area (Å²) in [6, 6.07) is 12.6. The number of amides is 1. The summed E-state index contributed by atoms with van der Waals surface area (Å²) >= 11 is 0. The van der Waals surface area contributed by atoms with Crippen LogP contribution in [0.5, 0.6) is 0 Å². The molecule has 0 aromatic heterocycles. The quantitative estimate of drug-likeness (QED) is 0.630. The number of hydrogen-bond donors (Lipinski definition) is 0. The van der Waals surface area contributed by atoms with Gasteiger partial charge in [-0.3, -0.25) is 14.9 Å². The van der Waals surface area contributed by atoms with Gasteiger partial charge in [0.05, 0.1) is 10.6 Å². The highest BCUT2D eigenvalue weighted by Crippen LogP contribution is 2.43. The standard InChI is InChI=1S/C18H14N2O3/c21-17-11-16(13-5-1-7-14(10-13)20(22)23)15-8-2-4-12-6-3-9-19(17)18(12)15/h1-8,10,16H,9,11H2. The fraction of sp³-hybridized carbons (Fsp3) is 0.167. The zero-order valence-corrected chi connectivity index (χ0v) is 12.3. The number of hydrogen-bond acceptors (Lipinski definition) is 3. The van der Waals surface area contributed by atoms with Crippen molar-refractivity contribution in [3.8, 4) is 0 Å². The highest BCUT2D eigenvalue weighted by atomic mass is 16.6. The first-order chi connectivity index (χ1) is 11.1. The number of nitro groups is 1. The summed E-state index contributed by atoms with van der Waals surface area (Å²) in [5, 5.41) is 11.0. The average molecular weight is 306 g/mol. The molecule has 1 atom stereocenters. The largest absolute Gasteiger partial charge is 0.308 e. The van der Waals surface area contributed by atoms with Gasteiger partial charge in [0.25, 0.3) is 5.69 Å². The van der Waals surface area contributed by atoms with Crippen molar-refractivity contribution in [3.63, 3.8) is 0 Å². The van der Waals surface area contributed by atoms with Crippen LogP contribution in [-0.2, 0) is 4.79 Å². The molecule has 114 valence electrons. The van der Waals surface area contributed by atoms with Crippen LogP contribution in [-0.4, -0.2) is 17.4 Å². The van der Waals surface area contributed by atoms with Gasteiger partial charge in [-0.05, 0) is 16.7 Å². The molecule has 0 bridgehead atoms. The molecule has 4 rings (SSSR count). The van der Waals surface area contributed by atoms with Crippen LogP contribution in [0.25, 0.3) is 6.08 Å². The Hall–Kier alpha value is -2.95. The maximum absolute atomic E-state index is 12.5. The minimum absolute atomic E-state index is 0.0575. The van der Waals surface area contributed by atoms with Gasteiger partial charge in [0, 0.05) is 31.0 Å². The molecule has 2 aliphatic heterocycles. The van der Waals surface area contributed by atoms with Crippen molar-refractivity contribution in [1.29, 1.82) is 0 Å². The monoisotopic (exact) mass is 306 g/mol.